The SMILES string of the molecule is CCOC(CC)(CC)C(Cc1nnn(C)n1)NC. The van der Waals surface area contributed by atoms with Crippen LogP contribution < -0.4 is 5.32 Å². The average molecular weight is 255 g/mol. The highest BCUT2D eigenvalue weighted by Gasteiger charge is 2.36. The molecule has 0 spiro atoms. The number of hydrogen-bond donors (Lipinski definition) is 1. The van der Waals surface area contributed by atoms with Gasteiger partial charge in [-0.25, -0.2) is 0 Å². The largest absolute Gasteiger partial charge is 0.374 e. The smallest absolute Gasteiger partial charge is 0.176 e. The summed E-state index contributed by atoms with van der Waals surface area (Å²) in [5.74, 6) is 0.753. The quantitative estimate of drug-likeness (QED) is 0.749. The third kappa shape index (κ3) is 3.26. The van der Waals surface area contributed by atoms with Crippen molar-refractivity contribution >= 4 is 0 Å². The van der Waals surface area contributed by atoms with Crippen LogP contribution in [0.2, 0.25) is 0 Å². The van der Waals surface area contributed by atoms with E-state index in [1.807, 2.05) is 14.0 Å². The third-order valence-corrected chi connectivity index (χ3v) is 3.55. The zero-order valence-corrected chi connectivity index (χ0v) is 12.1. The van der Waals surface area contributed by atoms with E-state index < -0.39 is 0 Å². The van der Waals surface area contributed by atoms with Gasteiger partial charge in [0.1, 0.15) is 0 Å². The Labute approximate surface area is 109 Å². The molecule has 1 N–H and O–H groups in total. The molecular formula is C12H25N5O. The Hall–Kier alpha value is -1.01. The van der Waals surface area contributed by atoms with Crippen molar-refractivity contribution in [3.63, 3.8) is 0 Å². The van der Waals surface area contributed by atoms with E-state index in [1.54, 1.807) is 7.05 Å². The lowest BCUT2D eigenvalue weighted by Crippen LogP contribution is -2.52. The normalized spacial score (nSPS) is 13.8. The van der Waals surface area contributed by atoms with Gasteiger partial charge < -0.3 is 10.1 Å². The highest BCUT2D eigenvalue weighted by atomic mass is 16.5. The Balaban J connectivity index is 2.84. The van der Waals surface area contributed by atoms with Gasteiger partial charge in [-0.15, -0.1) is 10.2 Å². The lowest BCUT2D eigenvalue weighted by atomic mass is 9.86. The van der Waals surface area contributed by atoms with Crippen LogP contribution in [0.15, 0.2) is 0 Å². The summed E-state index contributed by atoms with van der Waals surface area (Å²) < 4.78 is 6.01. The Bertz CT molecular complexity index is 348. The van der Waals surface area contributed by atoms with Crippen molar-refractivity contribution in [2.45, 2.75) is 51.7 Å². The first kappa shape index (κ1) is 15.0. The number of tetrazole rings is 1. The summed E-state index contributed by atoms with van der Waals surface area (Å²) in [6.07, 6.45) is 2.65. The van der Waals surface area contributed by atoms with E-state index in [9.17, 15) is 0 Å². The van der Waals surface area contributed by atoms with Crippen molar-refractivity contribution in [3.8, 4) is 0 Å². The minimum absolute atomic E-state index is 0.164. The molecule has 0 saturated carbocycles. The van der Waals surface area contributed by atoms with Crippen LogP contribution in [-0.4, -0.2) is 45.5 Å². The van der Waals surface area contributed by atoms with E-state index in [0.717, 1.165) is 25.1 Å². The summed E-state index contributed by atoms with van der Waals surface area (Å²) in [6, 6.07) is 0.191. The first-order valence-electron chi connectivity index (χ1n) is 6.65. The lowest BCUT2D eigenvalue weighted by molar-refractivity contribution is -0.0707. The van der Waals surface area contributed by atoms with Crippen LogP contribution >= 0.6 is 0 Å². The number of likely N-dealkylation sites (N-methyl/N-ethyl adjacent to an activating group) is 1. The number of hydrogen-bond acceptors (Lipinski definition) is 5. The van der Waals surface area contributed by atoms with Gasteiger partial charge in [0.25, 0.3) is 0 Å². The molecule has 0 aromatic carbocycles. The van der Waals surface area contributed by atoms with Crippen molar-refractivity contribution < 1.29 is 4.74 Å². The molecule has 104 valence electrons. The second-order valence-electron chi connectivity index (χ2n) is 4.45. The fourth-order valence-corrected chi connectivity index (χ4v) is 2.47. The maximum absolute atomic E-state index is 6.01. The van der Waals surface area contributed by atoms with Crippen LogP contribution in [0.3, 0.4) is 0 Å². The van der Waals surface area contributed by atoms with E-state index in [-0.39, 0.29) is 11.6 Å². The molecule has 6 nitrogen and oxygen atoms in total. The van der Waals surface area contributed by atoms with E-state index in [4.69, 9.17) is 4.74 Å². The molecule has 0 aliphatic heterocycles. The van der Waals surface area contributed by atoms with Crippen LogP contribution in [0.25, 0.3) is 0 Å². The average Bonchev–Trinajstić information content (AvgIpc) is 2.79. The summed E-state index contributed by atoms with van der Waals surface area (Å²) in [5.41, 5.74) is -0.164. The molecule has 0 aliphatic carbocycles. The molecule has 0 amide bonds. The van der Waals surface area contributed by atoms with Crippen LogP contribution in [0, 0.1) is 0 Å². The van der Waals surface area contributed by atoms with E-state index in [1.165, 1.54) is 4.80 Å². The van der Waals surface area contributed by atoms with Crippen molar-refractivity contribution in [2.75, 3.05) is 13.7 Å². The first-order valence-corrected chi connectivity index (χ1v) is 6.65. The van der Waals surface area contributed by atoms with Crippen molar-refractivity contribution in [2.24, 2.45) is 7.05 Å². The Morgan fingerprint density at radius 3 is 2.39 bits per heavy atom. The molecule has 1 unspecified atom stereocenters. The molecule has 1 rings (SSSR count). The van der Waals surface area contributed by atoms with Crippen molar-refractivity contribution in [1.29, 1.82) is 0 Å². The van der Waals surface area contributed by atoms with Gasteiger partial charge in [0, 0.05) is 19.1 Å². The maximum Gasteiger partial charge on any atom is 0.176 e. The van der Waals surface area contributed by atoms with Crippen LogP contribution in [0.1, 0.15) is 39.4 Å². The fraction of sp³-hybridized carbons (Fsp3) is 0.917. The summed E-state index contributed by atoms with van der Waals surface area (Å²) in [5, 5.41) is 15.5. The molecule has 1 aromatic rings. The van der Waals surface area contributed by atoms with Gasteiger partial charge in [-0.3, -0.25) is 0 Å². The minimum atomic E-state index is -0.164. The summed E-state index contributed by atoms with van der Waals surface area (Å²) >= 11 is 0. The highest BCUT2D eigenvalue weighted by molar-refractivity contribution is 4.97. The molecular weight excluding hydrogens is 230 g/mol. The molecule has 0 bridgehead atoms. The van der Waals surface area contributed by atoms with Gasteiger partial charge >= 0.3 is 0 Å². The lowest BCUT2D eigenvalue weighted by Gasteiger charge is -2.38. The maximum atomic E-state index is 6.01. The van der Waals surface area contributed by atoms with Crippen LogP contribution in [0.5, 0.6) is 0 Å². The molecule has 18 heavy (non-hydrogen) atoms. The van der Waals surface area contributed by atoms with Gasteiger partial charge in [-0.1, -0.05) is 13.8 Å². The molecule has 1 aromatic heterocycles. The summed E-state index contributed by atoms with van der Waals surface area (Å²) in [7, 11) is 3.74. The Morgan fingerprint density at radius 1 is 1.33 bits per heavy atom. The number of nitrogens with zero attached hydrogens (tertiary/aromatic N) is 4. The van der Waals surface area contributed by atoms with Crippen LogP contribution in [-0.2, 0) is 18.2 Å². The Kier molecular flexibility index (Phi) is 5.68. The third-order valence-electron chi connectivity index (χ3n) is 3.55. The monoisotopic (exact) mass is 255 g/mol. The first-order chi connectivity index (χ1) is 8.61. The molecule has 1 atom stereocenters. The molecule has 6 heteroatoms. The van der Waals surface area contributed by atoms with Gasteiger partial charge in [0.15, 0.2) is 5.82 Å². The molecule has 0 aliphatic rings. The van der Waals surface area contributed by atoms with E-state index in [0.29, 0.717) is 6.61 Å². The van der Waals surface area contributed by atoms with Crippen molar-refractivity contribution in [3.05, 3.63) is 5.82 Å². The van der Waals surface area contributed by atoms with Gasteiger partial charge in [-0.05, 0) is 32.0 Å². The van der Waals surface area contributed by atoms with Crippen LogP contribution in [0.4, 0.5) is 0 Å². The van der Waals surface area contributed by atoms with Gasteiger partial charge in [0.2, 0.25) is 0 Å². The van der Waals surface area contributed by atoms with Gasteiger partial charge in [0.05, 0.1) is 12.6 Å². The zero-order valence-electron chi connectivity index (χ0n) is 12.1. The molecule has 0 radical (unpaired) electrons. The number of aromatic nitrogens is 4. The fourth-order valence-electron chi connectivity index (χ4n) is 2.47. The summed E-state index contributed by atoms with van der Waals surface area (Å²) in [4.78, 5) is 1.49. The number of nitrogens with one attached hydrogen (secondary N) is 1. The predicted molar refractivity (Wildman–Crippen MR) is 70.3 cm³/mol. The standard InChI is InChI=1S/C12H25N5O/c1-6-12(7-2,18-8-3)10(13-4)9-11-14-16-17(5)15-11/h10,13H,6-9H2,1-5H3. The number of rotatable bonds is 8. The van der Waals surface area contributed by atoms with E-state index in [2.05, 4.69) is 34.6 Å². The second kappa shape index (κ2) is 6.80. The van der Waals surface area contributed by atoms with E-state index >= 15 is 0 Å². The second-order valence-corrected chi connectivity index (χ2v) is 4.45. The number of aryl methyl sites for hydroxylation is 1. The predicted octanol–water partition coefficient (Wildman–Crippen LogP) is 0.936. The number of ether oxygens (including phenoxy) is 1. The highest BCUT2D eigenvalue weighted by Crippen LogP contribution is 2.26. The molecule has 0 fully saturated rings. The van der Waals surface area contributed by atoms with Gasteiger partial charge in [-0.2, -0.15) is 4.80 Å². The molecule has 0 saturated heterocycles. The molecule has 1 heterocycles. The van der Waals surface area contributed by atoms with Crippen molar-refractivity contribution in [1.82, 2.24) is 25.5 Å². The Morgan fingerprint density at radius 2 is 2.00 bits per heavy atom. The zero-order chi connectivity index (χ0) is 13.6. The minimum Gasteiger partial charge on any atom is -0.374 e. The topological polar surface area (TPSA) is 64.9 Å². The summed E-state index contributed by atoms with van der Waals surface area (Å²) in [6.45, 7) is 7.07.